The lowest BCUT2D eigenvalue weighted by atomic mass is 9.98. The average Bonchev–Trinajstić information content (AvgIpc) is 2.48. The maximum absolute atomic E-state index is 12.4. The van der Waals surface area contributed by atoms with Crippen LogP contribution in [0.2, 0.25) is 0 Å². The van der Waals surface area contributed by atoms with Gasteiger partial charge in [-0.05, 0) is 59.9 Å². The summed E-state index contributed by atoms with van der Waals surface area (Å²) in [6.07, 6.45) is 3.33. The molecule has 1 aromatic heterocycles. The molecule has 0 aromatic carbocycles. The first-order valence-electron chi connectivity index (χ1n) is 7.12. The maximum atomic E-state index is 12.4. The Morgan fingerprint density at radius 2 is 2.14 bits per heavy atom. The highest BCUT2D eigenvalue weighted by molar-refractivity contribution is 9.10. The van der Waals surface area contributed by atoms with E-state index < -0.39 is 10.2 Å². The molecule has 0 unspecified atom stereocenters. The van der Waals surface area contributed by atoms with Gasteiger partial charge in [-0.25, -0.2) is 4.98 Å². The van der Waals surface area contributed by atoms with E-state index in [-0.39, 0.29) is 0 Å². The molecular weight excluding hydrogens is 356 g/mol. The van der Waals surface area contributed by atoms with Crippen molar-refractivity contribution in [1.29, 1.82) is 0 Å². The summed E-state index contributed by atoms with van der Waals surface area (Å²) >= 11 is 3.29. The van der Waals surface area contributed by atoms with Crippen LogP contribution < -0.4 is 10.0 Å². The van der Waals surface area contributed by atoms with Crippen molar-refractivity contribution in [2.75, 3.05) is 30.9 Å². The molecule has 0 radical (unpaired) electrons. The molecule has 1 aromatic rings. The van der Waals surface area contributed by atoms with Gasteiger partial charge in [0.2, 0.25) is 0 Å². The fraction of sp³-hybridized carbons (Fsp3) is 0.615. The minimum Gasteiger partial charge on any atom is -0.317 e. The molecule has 1 aliphatic heterocycles. The van der Waals surface area contributed by atoms with Crippen molar-refractivity contribution in [2.24, 2.45) is 5.92 Å². The quantitative estimate of drug-likeness (QED) is 0.793. The second-order valence-electron chi connectivity index (χ2n) is 5.09. The number of hydrogen-bond donors (Lipinski definition) is 2. The van der Waals surface area contributed by atoms with Crippen LogP contribution in [0, 0.1) is 5.92 Å². The van der Waals surface area contributed by atoms with E-state index in [1.807, 2.05) is 0 Å². The Kier molecular flexibility index (Phi) is 5.98. The van der Waals surface area contributed by atoms with E-state index in [2.05, 4.69) is 37.9 Å². The Bertz CT molecular complexity index is 559. The molecule has 0 aliphatic carbocycles. The summed E-state index contributed by atoms with van der Waals surface area (Å²) < 4.78 is 29.4. The van der Waals surface area contributed by atoms with Crippen LogP contribution in [-0.2, 0) is 10.2 Å². The minimum absolute atomic E-state index is 0.326. The van der Waals surface area contributed by atoms with E-state index in [0.29, 0.717) is 29.3 Å². The normalized spacial score (nSPS) is 17.8. The summed E-state index contributed by atoms with van der Waals surface area (Å²) in [5.74, 6) is 0.880. The molecule has 0 amide bonds. The van der Waals surface area contributed by atoms with Crippen LogP contribution in [0.4, 0.5) is 5.82 Å². The molecule has 2 N–H and O–H groups in total. The van der Waals surface area contributed by atoms with Gasteiger partial charge in [0.05, 0.1) is 4.47 Å². The Labute approximate surface area is 134 Å². The first-order chi connectivity index (χ1) is 10.0. The predicted octanol–water partition coefficient (Wildman–Crippen LogP) is 1.82. The molecule has 2 rings (SSSR count). The van der Waals surface area contributed by atoms with Gasteiger partial charge in [0.25, 0.3) is 0 Å². The zero-order valence-electron chi connectivity index (χ0n) is 12.0. The number of piperidine rings is 1. The highest BCUT2D eigenvalue weighted by Crippen LogP contribution is 2.23. The Morgan fingerprint density at radius 1 is 1.43 bits per heavy atom. The highest BCUT2D eigenvalue weighted by Gasteiger charge is 2.28. The number of rotatable bonds is 6. The molecule has 0 bridgehead atoms. The van der Waals surface area contributed by atoms with Gasteiger partial charge in [-0.3, -0.25) is 4.72 Å². The molecule has 6 nitrogen and oxygen atoms in total. The zero-order valence-corrected chi connectivity index (χ0v) is 14.5. The molecule has 1 saturated heterocycles. The molecule has 0 atom stereocenters. The van der Waals surface area contributed by atoms with Gasteiger partial charge in [0.1, 0.15) is 0 Å². The molecule has 1 aliphatic rings. The van der Waals surface area contributed by atoms with E-state index >= 15 is 0 Å². The standard InChI is InChI=1S/C13H21BrN4O2S/c1-2-15-10-11-5-8-18(9-6-11)21(19,20)17-13-12(14)4-3-7-16-13/h3-4,7,11,15H,2,5-6,8-10H2,1H3,(H,16,17). The van der Waals surface area contributed by atoms with Crippen molar-refractivity contribution in [3.05, 3.63) is 22.8 Å². The average molecular weight is 377 g/mol. The first-order valence-corrected chi connectivity index (χ1v) is 9.35. The molecule has 118 valence electrons. The van der Waals surface area contributed by atoms with Crippen molar-refractivity contribution < 1.29 is 8.42 Å². The summed E-state index contributed by atoms with van der Waals surface area (Å²) in [5, 5.41) is 3.32. The predicted molar refractivity (Wildman–Crippen MR) is 87.3 cm³/mol. The molecule has 21 heavy (non-hydrogen) atoms. The fourth-order valence-corrected chi connectivity index (χ4v) is 4.06. The molecule has 2 heterocycles. The number of nitrogens with zero attached hydrogens (tertiary/aromatic N) is 2. The lowest BCUT2D eigenvalue weighted by Gasteiger charge is -2.31. The molecular formula is C13H21BrN4O2S. The topological polar surface area (TPSA) is 74.3 Å². The van der Waals surface area contributed by atoms with Crippen molar-refractivity contribution >= 4 is 32.0 Å². The Balaban J connectivity index is 1.94. The SMILES string of the molecule is CCNCC1CCN(S(=O)(=O)Nc2ncccc2Br)CC1. The van der Waals surface area contributed by atoms with Crippen molar-refractivity contribution in [3.8, 4) is 0 Å². The van der Waals surface area contributed by atoms with E-state index in [9.17, 15) is 8.42 Å². The zero-order chi connectivity index (χ0) is 15.3. The van der Waals surface area contributed by atoms with Crippen LogP contribution in [-0.4, -0.2) is 43.9 Å². The summed E-state index contributed by atoms with van der Waals surface area (Å²) in [6, 6.07) is 3.50. The number of nitrogens with one attached hydrogen (secondary N) is 2. The van der Waals surface area contributed by atoms with Crippen molar-refractivity contribution in [1.82, 2.24) is 14.6 Å². The lowest BCUT2D eigenvalue weighted by Crippen LogP contribution is -2.43. The maximum Gasteiger partial charge on any atom is 0.302 e. The van der Waals surface area contributed by atoms with E-state index in [0.717, 1.165) is 25.9 Å². The minimum atomic E-state index is -3.53. The number of aromatic nitrogens is 1. The monoisotopic (exact) mass is 376 g/mol. The highest BCUT2D eigenvalue weighted by atomic mass is 79.9. The van der Waals surface area contributed by atoms with E-state index in [1.54, 1.807) is 18.3 Å². The second kappa shape index (κ2) is 7.53. The smallest absolute Gasteiger partial charge is 0.302 e. The van der Waals surface area contributed by atoms with Gasteiger partial charge in [-0.1, -0.05) is 6.92 Å². The second-order valence-corrected chi connectivity index (χ2v) is 7.62. The Hall–Kier alpha value is -0.700. The lowest BCUT2D eigenvalue weighted by molar-refractivity contribution is 0.269. The van der Waals surface area contributed by atoms with E-state index in [4.69, 9.17) is 0 Å². The summed E-state index contributed by atoms with van der Waals surface area (Å²) in [5.41, 5.74) is 0. The summed E-state index contributed by atoms with van der Waals surface area (Å²) in [6.45, 7) is 5.09. The van der Waals surface area contributed by atoms with Crippen LogP contribution >= 0.6 is 15.9 Å². The molecule has 8 heteroatoms. The van der Waals surface area contributed by atoms with Gasteiger partial charge in [-0.2, -0.15) is 12.7 Å². The first kappa shape index (κ1) is 16.7. The van der Waals surface area contributed by atoms with Gasteiger partial charge >= 0.3 is 10.2 Å². The van der Waals surface area contributed by atoms with Crippen LogP contribution in [0.25, 0.3) is 0 Å². The largest absolute Gasteiger partial charge is 0.317 e. The number of pyridine rings is 1. The van der Waals surface area contributed by atoms with Gasteiger partial charge in [-0.15, -0.1) is 0 Å². The Morgan fingerprint density at radius 3 is 2.76 bits per heavy atom. The molecule has 1 fully saturated rings. The molecule has 0 saturated carbocycles. The summed E-state index contributed by atoms with van der Waals surface area (Å²) in [7, 11) is -3.53. The van der Waals surface area contributed by atoms with E-state index in [1.165, 1.54) is 4.31 Å². The van der Waals surface area contributed by atoms with Crippen molar-refractivity contribution in [2.45, 2.75) is 19.8 Å². The molecule has 0 spiro atoms. The fourth-order valence-electron chi connectivity index (χ4n) is 2.35. The van der Waals surface area contributed by atoms with Crippen molar-refractivity contribution in [3.63, 3.8) is 0 Å². The van der Waals surface area contributed by atoms with Crippen LogP contribution in [0.1, 0.15) is 19.8 Å². The summed E-state index contributed by atoms with van der Waals surface area (Å²) in [4.78, 5) is 4.04. The third kappa shape index (κ3) is 4.64. The van der Waals surface area contributed by atoms with Gasteiger partial charge in [0, 0.05) is 19.3 Å². The van der Waals surface area contributed by atoms with Crippen LogP contribution in [0.15, 0.2) is 22.8 Å². The van der Waals surface area contributed by atoms with Gasteiger partial charge < -0.3 is 5.32 Å². The van der Waals surface area contributed by atoms with Crippen LogP contribution in [0.3, 0.4) is 0 Å². The van der Waals surface area contributed by atoms with Crippen LogP contribution in [0.5, 0.6) is 0 Å². The van der Waals surface area contributed by atoms with Gasteiger partial charge in [0.15, 0.2) is 5.82 Å². The third-order valence-electron chi connectivity index (χ3n) is 3.58. The third-order valence-corrected chi connectivity index (χ3v) is 5.72. The number of halogens is 1. The number of anilines is 1. The number of hydrogen-bond acceptors (Lipinski definition) is 4.